The van der Waals surface area contributed by atoms with Crippen molar-refractivity contribution in [3.05, 3.63) is 24.5 Å². The minimum Gasteiger partial charge on any atom is -0.481 e. The molecule has 0 radical (unpaired) electrons. The maximum Gasteiger partial charge on any atom is 0.313 e. The lowest BCUT2D eigenvalue weighted by Gasteiger charge is -2.22. The van der Waals surface area contributed by atoms with Crippen LogP contribution in [0.4, 0.5) is 5.69 Å². The maximum atomic E-state index is 10.7. The molecule has 0 aliphatic heterocycles. The topological polar surface area (TPSA) is 53.4 Å². The van der Waals surface area contributed by atoms with Crippen molar-refractivity contribution < 1.29 is 9.90 Å². The van der Waals surface area contributed by atoms with Gasteiger partial charge in [-0.2, -0.15) is 0 Å². The Morgan fingerprint density at radius 3 is 2.53 bits per heavy atom. The normalized spacial score (nSPS) is 11.9. The van der Waals surface area contributed by atoms with Crippen molar-refractivity contribution in [1.82, 2.24) is 4.98 Å². The molecule has 0 amide bonds. The van der Waals surface area contributed by atoms with E-state index >= 15 is 0 Å². The number of aromatic nitrogens is 1. The molecule has 0 bridgehead atoms. The monoisotopic (exact) mass is 224 g/mol. The summed E-state index contributed by atoms with van der Waals surface area (Å²) in [6, 6.07) is 3.56. The number of pyridine rings is 1. The van der Waals surface area contributed by atoms with Gasteiger partial charge in [-0.15, -0.1) is 0 Å². The highest BCUT2D eigenvalue weighted by Gasteiger charge is 2.20. The van der Waals surface area contributed by atoms with Crippen molar-refractivity contribution in [2.45, 2.75) is 6.92 Å². The Balaban J connectivity index is 2.82. The third-order valence-corrected chi connectivity index (χ3v) is 2.75. The molecule has 1 unspecified atom stereocenters. The summed E-state index contributed by atoms with van der Waals surface area (Å²) in [5, 5.41) is 8.82. The standard InChI is InChI=1S/C10H12N2O2S/c1-7(10(13)14)9(15)12(2)8-3-5-11-6-4-8/h3-7H,1-2H3,(H,13,14). The molecule has 80 valence electrons. The Labute approximate surface area is 93.6 Å². The van der Waals surface area contributed by atoms with Crippen LogP contribution in [0.1, 0.15) is 6.92 Å². The first kappa shape index (κ1) is 11.6. The van der Waals surface area contributed by atoms with E-state index in [0.29, 0.717) is 4.99 Å². The van der Waals surface area contributed by atoms with Crippen LogP contribution in [0.2, 0.25) is 0 Å². The molecule has 0 aliphatic rings. The van der Waals surface area contributed by atoms with E-state index in [0.717, 1.165) is 5.69 Å². The number of hydrogen-bond donors (Lipinski definition) is 1. The quantitative estimate of drug-likeness (QED) is 0.790. The third-order valence-electron chi connectivity index (χ3n) is 2.12. The summed E-state index contributed by atoms with van der Waals surface area (Å²) in [6.07, 6.45) is 3.28. The third kappa shape index (κ3) is 2.73. The largest absolute Gasteiger partial charge is 0.481 e. The Kier molecular flexibility index (Phi) is 3.74. The average molecular weight is 224 g/mol. The highest BCUT2D eigenvalue weighted by molar-refractivity contribution is 7.80. The first-order chi connectivity index (χ1) is 7.04. The molecule has 1 atom stereocenters. The van der Waals surface area contributed by atoms with Crippen molar-refractivity contribution >= 4 is 28.9 Å². The molecule has 1 aromatic rings. The van der Waals surface area contributed by atoms with E-state index in [-0.39, 0.29) is 0 Å². The van der Waals surface area contributed by atoms with Crippen LogP contribution in [0.3, 0.4) is 0 Å². The molecule has 0 saturated heterocycles. The van der Waals surface area contributed by atoms with E-state index in [4.69, 9.17) is 17.3 Å². The molecule has 1 N–H and O–H groups in total. The summed E-state index contributed by atoms with van der Waals surface area (Å²) in [5.41, 5.74) is 0.836. The van der Waals surface area contributed by atoms with Gasteiger partial charge in [0.2, 0.25) is 0 Å². The van der Waals surface area contributed by atoms with Gasteiger partial charge in [-0.05, 0) is 19.1 Å². The van der Waals surface area contributed by atoms with Gasteiger partial charge in [-0.3, -0.25) is 9.78 Å². The van der Waals surface area contributed by atoms with Crippen molar-refractivity contribution in [1.29, 1.82) is 0 Å². The summed E-state index contributed by atoms with van der Waals surface area (Å²) >= 11 is 5.08. The van der Waals surface area contributed by atoms with Gasteiger partial charge >= 0.3 is 5.97 Å². The number of hydrogen-bond acceptors (Lipinski definition) is 3. The van der Waals surface area contributed by atoms with Gasteiger partial charge in [-0.25, -0.2) is 0 Å². The Morgan fingerprint density at radius 1 is 1.53 bits per heavy atom. The molecule has 5 heteroatoms. The van der Waals surface area contributed by atoms with Crippen molar-refractivity contribution in [2.75, 3.05) is 11.9 Å². The minimum atomic E-state index is -0.916. The lowest BCUT2D eigenvalue weighted by molar-refractivity contribution is -0.138. The molecular weight excluding hydrogens is 212 g/mol. The summed E-state index contributed by atoms with van der Waals surface area (Å²) < 4.78 is 0. The fourth-order valence-electron chi connectivity index (χ4n) is 1.09. The molecule has 0 aromatic carbocycles. The van der Waals surface area contributed by atoms with Gasteiger partial charge < -0.3 is 10.0 Å². The second-order valence-corrected chi connectivity index (χ2v) is 3.58. The number of carboxylic acids is 1. The maximum absolute atomic E-state index is 10.7. The van der Waals surface area contributed by atoms with Gasteiger partial charge in [0.05, 0.1) is 4.99 Å². The first-order valence-corrected chi connectivity index (χ1v) is 4.85. The predicted octanol–water partition coefficient (Wildman–Crippen LogP) is 1.57. The number of rotatable bonds is 3. The predicted molar refractivity (Wildman–Crippen MR) is 62.0 cm³/mol. The number of thiocarbonyl (C=S) groups is 1. The van der Waals surface area contributed by atoms with Gasteiger partial charge in [0.15, 0.2) is 0 Å². The zero-order valence-corrected chi connectivity index (χ0v) is 9.36. The first-order valence-electron chi connectivity index (χ1n) is 4.44. The van der Waals surface area contributed by atoms with Gasteiger partial charge in [0.25, 0.3) is 0 Å². The van der Waals surface area contributed by atoms with Crippen LogP contribution >= 0.6 is 12.2 Å². The van der Waals surface area contributed by atoms with Crippen molar-refractivity contribution in [2.24, 2.45) is 5.92 Å². The van der Waals surface area contributed by atoms with E-state index in [1.54, 1.807) is 43.4 Å². The summed E-state index contributed by atoms with van der Waals surface area (Å²) in [6.45, 7) is 1.57. The smallest absolute Gasteiger partial charge is 0.313 e. The molecule has 0 fully saturated rings. The van der Waals surface area contributed by atoms with Gasteiger partial charge in [0.1, 0.15) is 5.92 Å². The highest BCUT2D eigenvalue weighted by Crippen LogP contribution is 2.14. The number of carbonyl (C=O) groups is 1. The van der Waals surface area contributed by atoms with Crippen LogP contribution < -0.4 is 4.90 Å². The Morgan fingerprint density at radius 2 is 2.07 bits per heavy atom. The molecule has 1 aromatic heterocycles. The number of nitrogens with zero attached hydrogens (tertiary/aromatic N) is 2. The fraction of sp³-hybridized carbons (Fsp3) is 0.300. The SMILES string of the molecule is CC(C(=O)O)C(=S)N(C)c1ccncc1. The molecule has 0 spiro atoms. The summed E-state index contributed by atoms with van der Waals surface area (Å²) in [4.78, 5) is 16.7. The van der Waals surface area contributed by atoms with Crippen LogP contribution in [0.25, 0.3) is 0 Å². The van der Waals surface area contributed by atoms with Crippen LogP contribution in [0.5, 0.6) is 0 Å². The number of aliphatic carboxylic acids is 1. The average Bonchev–Trinajstić information content (AvgIpc) is 2.27. The molecule has 15 heavy (non-hydrogen) atoms. The number of anilines is 1. The minimum absolute atomic E-state index is 0.383. The van der Waals surface area contributed by atoms with E-state index in [2.05, 4.69) is 4.98 Å². The van der Waals surface area contributed by atoms with Gasteiger partial charge in [-0.1, -0.05) is 12.2 Å². The van der Waals surface area contributed by atoms with Crippen molar-refractivity contribution in [3.63, 3.8) is 0 Å². The highest BCUT2D eigenvalue weighted by atomic mass is 32.1. The number of carboxylic acid groups (broad SMARTS) is 1. The second kappa shape index (κ2) is 4.84. The molecule has 4 nitrogen and oxygen atoms in total. The van der Waals surface area contributed by atoms with Crippen LogP contribution in [-0.2, 0) is 4.79 Å². The lowest BCUT2D eigenvalue weighted by atomic mass is 10.1. The summed E-state index contributed by atoms with van der Waals surface area (Å²) in [5.74, 6) is -1.58. The van der Waals surface area contributed by atoms with Crippen LogP contribution in [0.15, 0.2) is 24.5 Å². The van der Waals surface area contributed by atoms with E-state index in [1.165, 1.54) is 0 Å². The zero-order chi connectivity index (χ0) is 11.4. The zero-order valence-electron chi connectivity index (χ0n) is 8.54. The fourth-order valence-corrected chi connectivity index (χ4v) is 1.30. The van der Waals surface area contributed by atoms with Crippen molar-refractivity contribution in [3.8, 4) is 0 Å². The summed E-state index contributed by atoms with van der Waals surface area (Å²) in [7, 11) is 1.75. The van der Waals surface area contributed by atoms with Gasteiger partial charge in [0, 0.05) is 25.1 Å². The molecule has 1 rings (SSSR count). The molecule has 0 aliphatic carbocycles. The second-order valence-electron chi connectivity index (χ2n) is 3.16. The van der Waals surface area contributed by atoms with E-state index in [1.807, 2.05) is 0 Å². The Bertz CT molecular complexity index is 367. The molecule has 0 saturated carbocycles. The van der Waals surface area contributed by atoms with Crippen LogP contribution in [-0.4, -0.2) is 28.1 Å². The van der Waals surface area contributed by atoms with E-state index < -0.39 is 11.9 Å². The van der Waals surface area contributed by atoms with E-state index in [9.17, 15) is 4.79 Å². The van der Waals surface area contributed by atoms with Crippen LogP contribution in [0, 0.1) is 5.92 Å². The molecule has 1 heterocycles. The Hall–Kier alpha value is -1.49. The lowest BCUT2D eigenvalue weighted by Crippen LogP contribution is -2.33. The molecular formula is C10H12N2O2S.